The zero-order valence-corrected chi connectivity index (χ0v) is 11.8. The first kappa shape index (κ1) is 13.8. The molecule has 0 amide bonds. The summed E-state index contributed by atoms with van der Waals surface area (Å²) < 4.78 is 26.4. The van der Waals surface area contributed by atoms with Gasteiger partial charge < -0.3 is 0 Å². The van der Waals surface area contributed by atoms with Crippen molar-refractivity contribution in [2.24, 2.45) is 0 Å². The fourth-order valence-corrected chi connectivity index (χ4v) is 2.67. The normalized spacial score (nSPS) is 11.5. The second-order valence-corrected chi connectivity index (χ2v) is 5.99. The lowest BCUT2D eigenvalue weighted by atomic mass is 10.2. The lowest BCUT2D eigenvalue weighted by Gasteiger charge is -2.05. The topological polar surface area (TPSA) is 87.7 Å². The minimum atomic E-state index is -3.66. The quantitative estimate of drug-likeness (QED) is 0.823. The molecular formula is C11H13ClN4O2S. The van der Waals surface area contributed by atoms with Gasteiger partial charge in [0.2, 0.25) is 0 Å². The number of hydrogen-bond donors (Lipinski definition) is 2. The molecule has 6 nitrogen and oxygen atoms in total. The van der Waals surface area contributed by atoms with Crippen LogP contribution < -0.4 is 4.72 Å². The average Bonchev–Trinajstić information content (AvgIpc) is 2.75. The Morgan fingerprint density at radius 1 is 1.32 bits per heavy atom. The van der Waals surface area contributed by atoms with Crippen LogP contribution in [0.3, 0.4) is 0 Å². The number of nitrogens with one attached hydrogen (secondary N) is 2. The fourth-order valence-electron chi connectivity index (χ4n) is 1.51. The average molecular weight is 301 g/mol. The van der Waals surface area contributed by atoms with E-state index in [1.54, 1.807) is 19.1 Å². The highest BCUT2D eigenvalue weighted by Crippen LogP contribution is 2.14. The van der Waals surface area contributed by atoms with Crippen molar-refractivity contribution in [1.29, 1.82) is 0 Å². The van der Waals surface area contributed by atoms with Crippen LogP contribution in [0.4, 0.5) is 5.95 Å². The number of rotatable bonds is 5. The first-order valence-electron chi connectivity index (χ1n) is 5.58. The molecule has 0 saturated carbocycles. The van der Waals surface area contributed by atoms with E-state index >= 15 is 0 Å². The molecule has 0 fully saturated rings. The SMILES string of the molecule is Cc1nc(NS(=O)(=O)c2ccc(CCCl)cc2)n[nH]1. The van der Waals surface area contributed by atoms with Gasteiger partial charge in [0.1, 0.15) is 5.82 Å². The molecule has 0 atom stereocenters. The number of anilines is 1. The van der Waals surface area contributed by atoms with E-state index in [0.29, 0.717) is 18.1 Å². The van der Waals surface area contributed by atoms with Gasteiger partial charge >= 0.3 is 0 Å². The zero-order valence-electron chi connectivity index (χ0n) is 10.2. The Labute approximate surface area is 116 Å². The lowest BCUT2D eigenvalue weighted by molar-refractivity contribution is 0.601. The van der Waals surface area contributed by atoms with Crippen LogP contribution in [0.5, 0.6) is 0 Å². The number of aromatic nitrogens is 3. The van der Waals surface area contributed by atoms with Gasteiger partial charge in [-0.3, -0.25) is 5.10 Å². The first-order valence-corrected chi connectivity index (χ1v) is 7.60. The molecule has 0 unspecified atom stereocenters. The van der Waals surface area contributed by atoms with Crippen molar-refractivity contribution in [2.45, 2.75) is 18.2 Å². The van der Waals surface area contributed by atoms with Crippen LogP contribution in [0, 0.1) is 6.92 Å². The van der Waals surface area contributed by atoms with Crippen LogP contribution in [-0.4, -0.2) is 29.5 Å². The molecule has 1 heterocycles. The fraction of sp³-hybridized carbons (Fsp3) is 0.273. The molecule has 0 spiro atoms. The molecule has 1 aromatic carbocycles. The maximum atomic E-state index is 12.0. The Bertz CT molecular complexity index is 652. The van der Waals surface area contributed by atoms with Gasteiger partial charge in [0.25, 0.3) is 16.0 Å². The second kappa shape index (κ2) is 5.58. The molecule has 0 aliphatic carbocycles. The van der Waals surface area contributed by atoms with Crippen molar-refractivity contribution >= 4 is 27.6 Å². The van der Waals surface area contributed by atoms with E-state index in [4.69, 9.17) is 11.6 Å². The molecule has 2 rings (SSSR count). The molecule has 0 aliphatic rings. The number of hydrogen-bond acceptors (Lipinski definition) is 4. The van der Waals surface area contributed by atoms with Crippen LogP contribution in [-0.2, 0) is 16.4 Å². The maximum Gasteiger partial charge on any atom is 0.264 e. The molecule has 19 heavy (non-hydrogen) atoms. The van der Waals surface area contributed by atoms with Gasteiger partial charge in [-0.05, 0) is 31.0 Å². The summed E-state index contributed by atoms with van der Waals surface area (Å²) in [6.45, 7) is 1.69. The van der Waals surface area contributed by atoms with Gasteiger partial charge in [-0.25, -0.2) is 13.1 Å². The Morgan fingerprint density at radius 2 is 2.00 bits per heavy atom. The summed E-state index contributed by atoms with van der Waals surface area (Å²) in [5.74, 6) is 1.07. The summed E-state index contributed by atoms with van der Waals surface area (Å²) >= 11 is 5.62. The van der Waals surface area contributed by atoms with E-state index < -0.39 is 10.0 Å². The Hall–Kier alpha value is -1.60. The minimum absolute atomic E-state index is 0.0299. The highest BCUT2D eigenvalue weighted by Gasteiger charge is 2.16. The summed E-state index contributed by atoms with van der Waals surface area (Å²) in [7, 11) is -3.66. The van der Waals surface area contributed by atoms with E-state index in [1.165, 1.54) is 12.1 Å². The van der Waals surface area contributed by atoms with Crippen molar-refractivity contribution in [3.8, 4) is 0 Å². The summed E-state index contributed by atoms with van der Waals surface area (Å²) in [5.41, 5.74) is 0.989. The number of halogens is 1. The number of nitrogens with zero attached hydrogens (tertiary/aromatic N) is 2. The van der Waals surface area contributed by atoms with E-state index in [-0.39, 0.29) is 10.8 Å². The van der Waals surface area contributed by atoms with E-state index in [9.17, 15) is 8.42 Å². The Kier molecular flexibility index (Phi) is 4.06. The standard InChI is InChI=1S/C11H13ClN4O2S/c1-8-13-11(15-14-8)16-19(17,18)10-4-2-9(3-5-10)6-7-12/h2-5H,6-7H2,1H3,(H2,13,14,15,16). The molecule has 8 heteroatoms. The van der Waals surface area contributed by atoms with E-state index in [2.05, 4.69) is 19.9 Å². The third-order valence-corrected chi connectivity index (χ3v) is 3.97. The highest BCUT2D eigenvalue weighted by atomic mass is 35.5. The molecular weight excluding hydrogens is 288 g/mol. The summed E-state index contributed by atoms with van der Waals surface area (Å²) in [4.78, 5) is 4.05. The molecule has 0 saturated heterocycles. The number of aromatic amines is 1. The second-order valence-electron chi connectivity index (χ2n) is 3.93. The number of aryl methyl sites for hydroxylation is 2. The molecule has 1 aromatic heterocycles. The molecule has 0 bridgehead atoms. The molecule has 0 radical (unpaired) electrons. The zero-order chi connectivity index (χ0) is 13.9. The third kappa shape index (κ3) is 3.45. The van der Waals surface area contributed by atoms with Crippen LogP contribution in [0.25, 0.3) is 0 Å². The van der Waals surface area contributed by atoms with Gasteiger partial charge in [0, 0.05) is 5.88 Å². The van der Waals surface area contributed by atoms with Gasteiger partial charge in [-0.2, -0.15) is 4.98 Å². The number of H-pyrrole nitrogens is 1. The largest absolute Gasteiger partial charge is 0.264 e. The minimum Gasteiger partial charge on any atom is -0.261 e. The van der Waals surface area contributed by atoms with Gasteiger partial charge in [0.15, 0.2) is 0 Å². The number of benzene rings is 1. The van der Waals surface area contributed by atoms with Crippen molar-refractivity contribution in [3.63, 3.8) is 0 Å². The van der Waals surface area contributed by atoms with Crippen molar-refractivity contribution in [2.75, 3.05) is 10.6 Å². The van der Waals surface area contributed by atoms with Gasteiger partial charge in [0.05, 0.1) is 4.90 Å². The lowest BCUT2D eigenvalue weighted by Crippen LogP contribution is -2.14. The summed E-state index contributed by atoms with van der Waals surface area (Å²) in [5, 5.41) is 6.30. The van der Waals surface area contributed by atoms with Crippen LogP contribution in [0.1, 0.15) is 11.4 Å². The Morgan fingerprint density at radius 3 is 2.53 bits per heavy atom. The highest BCUT2D eigenvalue weighted by molar-refractivity contribution is 7.92. The van der Waals surface area contributed by atoms with E-state index in [0.717, 1.165) is 5.56 Å². The monoisotopic (exact) mass is 300 g/mol. The van der Waals surface area contributed by atoms with Crippen molar-refractivity contribution in [1.82, 2.24) is 15.2 Å². The molecule has 2 N–H and O–H groups in total. The first-order chi connectivity index (χ1) is 9.01. The predicted octanol–water partition coefficient (Wildman–Crippen LogP) is 1.70. The molecule has 102 valence electrons. The van der Waals surface area contributed by atoms with Crippen LogP contribution in [0.15, 0.2) is 29.2 Å². The van der Waals surface area contributed by atoms with Crippen LogP contribution in [0.2, 0.25) is 0 Å². The maximum absolute atomic E-state index is 12.0. The van der Waals surface area contributed by atoms with Gasteiger partial charge in [-0.15, -0.1) is 16.7 Å². The van der Waals surface area contributed by atoms with Crippen molar-refractivity contribution < 1.29 is 8.42 Å². The Balaban J connectivity index is 2.19. The van der Waals surface area contributed by atoms with Crippen molar-refractivity contribution in [3.05, 3.63) is 35.7 Å². The smallest absolute Gasteiger partial charge is 0.261 e. The van der Waals surface area contributed by atoms with Gasteiger partial charge in [-0.1, -0.05) is 12.1 Å². The number of sulfonamides is 1. The summed E-state index contributed by atoms with van der Waals surface area (Å²) in [6.07, 6.45) is 0.704. The third-order valence-electron chi connectivity index (χ3n) is 2.44. The predicted molar refractivity (Wildman–Crippen MR) is 72.8 cm³/mol. The van der Waals surface area contributed by atoms with E-state index in [1.807, 2.05) is 0 Å². The molecule has 0 aliphatic heterocycles. The van der Waals surface area contributed by atoms with Crippen LogP contribution >= 0.6 is 11.6 Å². The molecule has 2 aromatic rings. The summed E-state index contributed by atoms with van der Waals surface area (Å²) in [6, 6.07) is 6.54. The number of alkyl halides is 1.